The highest BCUT2D eigenvalue weighted by Crippen LogP contribution is 2.30. The van der Waals surface area contributed by atoms with Crippen molar-refractivity contribution < 1.29 is 22.8 Å². The van der Waals surface area contributed by atoms with Crippen LogP contribution in [0.5, 0.6) is 5.75 Å². The number of hydrogen-bond acceptors (Lipinski definition) is 7. The fourth-order valence-electron chi connectivity index (χ4n) is 2.77. The number of nitrogens with zero attached hydrogens (tertiary/aromatic N) is 2. The second-order valence-electron chi connectivity index (χ2n) is 5.84. The molecule has 1 aliphatic heterocycles. The van der Waals surface area contributed by atoms with E-state index in [1.807, 2.05) is 0 Å². The Morgan fingerprint density at radius 3 is 2.41 bits per heavy atom. The van der Waals surface area contributed by atoms with Gasteiger partial charge in [0.1, 0.15) is 5.75 Å². The highest BCUT2D eigenvalue weighted by molar-refractivity contribution is 7.92. The highest BCUT2D eigenvalue weighted by atomic mass is 32.2. The van der Waals surface area contributed by atoms with Gasteiger partial charge < -0.3 is 14.4 Å². The lowest BCUT2D eigenvalue weighted by Crippen LogP contribution is -2.36. The van der Waals surface area contributed by atoms with Crippen LogP contribution in [0.4, 0.5) is 17.1 Å². The summed E-state index contributed by atoms with van der Waals surface area (Å²) in [5, 5.41) is 11.3. The van der Waals surface area contributed by atoms with E-state index in [2.05, 4.69) is 9.62 Å². The van der Waals surface area contributed by atoms with Crippen LogP contribution in [0.15, 0.2) is 47.4 Å². The molecule has 27 heavy (non-hydrogen) atoms. The first-order valence-electron chi connectivity index (χ1n) is 8.19. The molecular formula is C17H19N3O6S. The van der Waals surface area contributed by atoms with Gasteiger partial charge in [0.05, 0.1) is 31.3 Å². The molecule has 1 fully saturated rings. The van der Waals surface area contributed by atoms with E-state index < -0.39 is 25.5 Å². The van der Waals surface area contributed by atoms with Crippen LogP contribution in [-0.4, -0.2) is 46.8 Å². The van der Waals surface area contributed by atoms with Crippen LogP contribution in [0, 0.1) is 10.1 Å². The van der Waals surface area contributed by atoms with Crippen molar-refractivity contribution in [2.45, 2.75) is 4.90 Å². The average Bonchev–Trinajstić information content (AvgIpc) is 2.68. The lowest BCUT2D eigenvalue weighted by atomic mass is 10.2. The molecule has 0 saturated carbocycles. The number of methoxy groups -OCH3 is 1. The Hall–Kier alpha value is -2.85. The lowest BCUT2D eigenvalue weighted by Gasteiger charge is -2.28. The monoisotopic (exact) mass is 393 g/mol. The quantitative estimate of drug-likeness (QED) is 0.592. The summed E-state index contributed by atoms with van der Waals surface area (Å²) < 4.78 is 37.9. The molecule has 0 spiro atoms. The molecule has 2 aromatic rings. The van der Waals surface area contributed by atoms with Crippen LogP contribution in [0.25, 0.3) is 0 Å². The van der Waals surface area contributed by atoms with Gasteiger partial charge in [0, 0.05) is 24.5 Å². The predicted molar refractivity (Wildman–Crippen MR) is 99.9 cm³/mol. The van der Waals surface area contributed by atoms with Crippen LogP contribution in [0.3, 0.4) is 0 Å². The van der Waals surface area contributed by atoms with Crippen molar-refractivity contribution in [2.24, 2.45) is 0 Å². The van der Waals surface area contributed by atoms with Gasteiger partial charge in [-0.3, -0.25) is 14.8 Å². The number of benzene rings is 2. The van der Waals surface area contributed by atoms with Crippen molar-refractivity contribution in [3.05, 3.63) is 52.6 Å². The van der Waals surface area contributed by atoms with Crippen molar-refractivity contribution >= 4 is 27.1 Å². The van der Waals surface area contributed by atoms with Crippen LogP contribution >= 0.6 is 0 Å². The van der Waals surface area contributed by atoms with Crippen molar-refractivity contribution in [1.29, 1.82) is 0 Å². The van der Waals surface area contributed by atoms with E-state index in [0.29, 0.717) is 18.9 Å². The van der Waals surface area contributed by atoms with Gasteiger partial charge in [-0.15, -0.1) is 0 Å². The molecule has 1 saturated heterocycles. The zero-order valence-corrected chi connectivity index (χ0v) is 15.4. The Labute approximate surface area is 156 Å². The number of nitrogens with one attached hydrogen (secondary N) is 1. The highest BCUT2D eigenvalue weighted by Gasteiger charge is 2.26. The van der Waals surface area contributed by atoms with E-state index in [1.54, 1.807) is 24.3 Å². The van der Waals surface area contributed by atoms with Gasteiger partial charge in [-0.1, -0.05) is 0 Å². The Kier molecular flexibility index (Phi) is 5.47. The molecule has 0 amide bonds. The second-order valence-corrected chi connectivity index (χ2v) is 7.49. The summed E-state index contributed by atoms with van der Waals surface area (Å²) in [5.41, 5.74) is 0.723. The second kappa shape index (κ2) is 7.80. The molecule has 3 rings (SSSR count). The van der Waals surface area contributed by atoms with E-state index in [1.165, 1.54) is 13.2 Å². The van der Waals surface area contributed by atoms with Crippen LogP contribution in [-0.2, 0) is 14.8 Å². The maximum Gasteiger partial charge on any atom is 0.293 e. The Balaban J connectivity index is 1.83. The number of nitro benzene ring substituents is 1. The average molecular weight is 393 g/mol. The Bertz CT molecular complexity index is 924. The molecule has 144 valence electrons. The number of morpholine rings is 1. The maximum absolute atomic E-state index is 12.6. The molecule has 2 aromatic carbocycles. The normalized spacial score (nSPS) is 14.6. The third kappa shape index (κ3) is 4.29. The lowest BCUT2D eigenvalue weighted by molar-refractivity contribution is -0.387. The number of hydrogen-bond donors (Lipinski definition) is 1. The van der Waals surface area contributed by atoms with Gasteiger partial charge in [0.25, 0.3) is 15.7 Å². The minimum absolute atomic E-state index is 0.204. The van der Waals surface area contributed by atoms with Crippen molar-refractivity contribution in [2.75, 3.05) is 43.0 Å². The zero-order valence-electron chi connectivity index (χ0n) is 14.6. The summed E-state index contributed by atoms with van der Waals surface area (Å²) in [7, 11) is -2.78. The predicted octanol–water partition coefficient (Wildman–Crippen LogP) is 2.24. The Morgan fingerprint density at radius 1 is 1.15 bits per heavy atom. The fraction of sp³-hybridized carbons (Fsp3) is 0.294. The number of nitro groups is 1. The van der Waals surface area contributed by atoms with Gasteiger partial charge in [-0.2, -0.15) is 0 Å². The van der Waals surface area contributed by atoms with Gasteiger partial charge in [0.2, 0.25) is 0 Å². The largest absolute Gasteiger partial charge is 0.497 e. The molecule has 0 aromatic heterocycles. The van der Waals surface area contributed by atoms with Gasteiger partial charge >= 0.3 is 0 Å². The van der Waals surface area contributed by atoms with Gasteiger partial charge in [-0.05, 0) is 36.4 Å². The van der Waals surface area contributed by atoms with Crippen molar-refractivity contribution in [3.63, 3.8) is 0 Å². The first-order chi connectivity index (χ1) is 12.9. The number of anilines is 2. The van der Waals surface area contributed by atoms with Crippen LogP contribution < -0.4 is 14.4 Å². The molecule has 1 aliphatic rings. The maximum atomic E-state index is 12.6. The van der Waals surface area contributed by atoms with E-state index in [9.17, 15) is 18.5 Å². The molecule has 0 bridgehead atoms. The third-order valence-corrected chi connectivity index (χ3v) is 5.58. The molecule has 0 unspecified atom stereocenters. The van der Waals surface area contributed by atoms with E-state index in [0.717, 1.165) is 30.9 Å². The molecule has 0 aliphatic carbocycles. The summed E-state index contributed by atoms with van der Waals surface area (Å²) >= 11 is 0. The zero-order chi connectivity index (χ0) is 19.4. The molecule has 1 heterocycles. The molecule has 0 atom stereocenters. The minimum atomic E-state index is -4.13. The standard InChI is InChI=1S/C17H19N3O6S/c1-25-15-6-7-17(16(12-15)20(21)22)27(23,24)18-13-2-4-14(5-3-13)19-8-10-26-11-9-19/h2-7,12,18H,8-11H2,1H3. The van der Waals surface area contributed by atoms with Gasteiger partial charge in [-0.25, -0.2) is 8.42 Å². The van der Waals surface area contributed by atoms with E-state index >= 15 is 0 Å². The van der Waals surface area contributed by atoms with Crippen LogP contribution in [0.2, 0.25) is 0 Å². The van der Waals surface area contributed by atoms with E-state index in [4.69, 9.17) is 9.47 Å². The van der Waals surface area contributed by atoms with Gasteiger partial charge in [0.15, 0.2) is 4.90 Å². The smallest absolute Gasteiger partial charge is 0.293 e. The summed E-state index contributed by atoms with van der Waals surface area (Å²) in [6.07, 6.45) is 0. The molecule has 10 heteroatoms. The fourth-order valence-corrected chi connectivity index (χ4v) is 3.98. The summed E-state index contributed by atoms with van der Waals surface area (Å²) in [4.78, 5) is 12.2. The number of ether oxygens (including phenoxy) is 2. The first-order valence-corrected chi connectivity index (χ1v) is 9.67. The minimum Gasteiger partial charge on any atom is -0.497 e. The third-order valence-electron chi connectivity index (χ3n) is 4.15. The summed E-state index contributed by atoms with van der Waals surface area (Å²) in [6.45, 7) is 2.83. The summed E-state index contributed by atoms with van der Waals surface area (Å²) in [6, 6.07) is 10.4. The number of rotatable bonds is 6. The molecule has 0 radical (unpaired) electrons. The SMILES string of the molecule is COc1ccc(S(=O)(=O)Nc2ccc(N3CCOCC3)cc2)c([N+](=O)[O-])c1. The van der Waals surface area contributed by atoms with Crippen molar-refractivity contribution in [3.8, 4) is 5.75 Å². The molecular weight excluding hydrogens is 374 g/mol. The van der Waals surface area contributed by atoms with Crippen LogP contribution in [0.1, 0.15) is 0 Å². The van der Waals surface area contributed by atoms with Crippen molar-refractivity contribution in [1.82, 2.24) is 0 Å². The Morgan fingerprint density at radius 2 is 1.81 bits per heavy atom. The molecule has 1 N–H and O–H groups in total. The number of sulfonamides is 1. The first kappa shape index (κ1) is 18.9. The topological polar surface area (TPSA) is 111 Å². The summed E-state index contributed by atoms with van der Waals surface area (Å²) in [5.74, 6) is 0.204. The van der Waals surface area contributed by atoms with E-state index in [-0.39, 0.29) is 5.75 Å². The molecule has 9 nitrogen and oxygen atoms in total.